The van der Waals surface area contributed by atoms with E-state index in [1.165, 1.54) is 18.2 Å². The molecule has 0 saturated carbocycles. The van der Waals surface area contributed by atoms with Crippen LogP contribution >= 0.6 is 0 Å². The molecule has 5 heteroatoms. The maximum atomic E-state index is 11.7. The van der Waals surface area contributed by atoms with Crippen LogP contribution in [-0.4, -0.2) is 30.3 Å². The summed E-state index contributed by atoms with van der Waals surface area (Å²) in [4.78, 5) is 23.2. The summed E-state index contributed by atoms with van der Waals surface area (Å²) in [6.45, 7) is 5.59. The van der Waals surface area contributed by atoms with Crippen molar-refractivity contribution in [3.63, 3.8) is 0 Å². The zero-order chi connectivity index (χ0) is 16.6. The first-order valence-corrected chi connectivity index (χ1v) is 7.16. The Bertz CT molecular complexity index is 528. The lowest BCUT2D eigenvalue weighted by Gasteiger charge is -2.20. The summed E-state index contributed by atoms with van der Waals surface area (Å²) in [5.74, 6) is -0.652. The Balaban J connectivity index is 2.29. The number of phenolic OH excluding ortho intramolecular Hbond substituents is 1. The summed E-state index contributed by atoms with van der Waals surface area (Å²) < 4.78 is 9.99. The Labute approximate surface area is 130 Å². The lowest BCUT2D eigenvalue weighted by molar-refractivity contribution is -0.157. The third-order valence-electron chi connectivity index (χ3n) is 3.30. The second kappa shape index (κ2) is 8.22. The van der Waals surface area contributed by atoms with Gasteiger partial charge in [0.2, 0.25) is 0 Å². The van der Waals surface area contributed by atoms with E-state index in [0.717, 1.165) is 5.56 Å². The molecule has 1 N–H and O–H groups in total. The number of hydrogen-bond donors (Lipinski definition) is 1. The molecule has 0 spiro atoms. The molecule has 1 aromatic rings. The smallest absolute Gasteiger partial charge is 0.330 e. The third kappa shape index (κ3) is 5.99. The van der Waals surface area contributed by atoms with Gasteiger partial charge in [0.15, 0.2) is 0 Å². The number of rotatable bonds is 7. The van der Waals surface area contributed by atoms with Crippen LogP contribution in [0.5, 0.6) is 5.75 Å². The first-order valence-electron chi connectivity index (χ1n) is 7.16. The van der Waals surface area contributed by atoms with Crippen molar-refractivity contribution in [3.8, 4) is 5.75 Å². The van der Waals surface area contributed by atoms with Crippen LogP contribution in [0.25, 0.3) is 6.08 Å². The van der Waals surface area contributed by atoms with Crippen molar-refractivity contribution in [2.75, 3.05) is 13.2 Å². The Morgan fingerprint density at radius 1 is 1.14 bits per heavy atom. The number of benzene rings is 1. The van der Waals surface area contributed by atoms with E-state index in [-0.39, 0.29) is 24.9 Å². The molecular formula is C17H22O5. The molecule has 5 nitrogen and oxygen atoms in total. The number of phenols is 1. The van der Waals surface area contributed by atoms with Gasteiger partial charge in [-0.2, -0.15) is 0 Å². The molecular weight excluding hydrogens is 284 g/mol. The van der Waals surface area contributed by atoms with E-state index in [1.54, 1.807) is 18.2 Å². The second-order valence-corrected chi connectivity index (χ2v) is 5.47. The van der Waals surface area contributed by atoms with E-state index in [0.29, 0.717) is 6.42 Å². The predicted octanol–water partition coefficient (Wildman–Crippen LogP) is 2.93. The van der Waals surface area contributed by atoms with Crippen molar-refractivity contribution in [1.82, 2.24) is 0 Å². The topological polar surface area (TPSA) is 72.8 Å². The van der Waals surface area contributed by atoms with Gasteiger partial charge in [0, 0.05) is 6.08 Å². The van der Waals surface area contributed by atoms with Crippen molar-refractivity contribution in [3.05, 3.63) is 35.9 Å². The maximum absolute atomic E-state index is 11.7. The molecule has 1 rings (SSSR count). The summed E-state index contributed by atoms with van der Waals surface area (Å²) >= 11 is 0. The van der Waals surface area contributed by atoms with Gasteiger partial charge in [-0.15, -0.1) is 0 Å². The zero-order valence-electron chi connectivity index (χ0n) is 13.2. The van der Waals surface area contributed by atoms with Gasteiger partial charge in [-0.25, -0.2) is 4.79 Å². The molecule has 0 bridgehead atoms. The average Bonchev–Trinajstić information content (AvgIpc) is 2.50. The number of carbonyl (C=O) groups excluding carboxylic acids is 2. The van der Waals surface area contributed by atoms with Crippen LogP contribution < -0.4 is 0 Å². The SMILES string of the molecule is CCC(C)(C)C(=O)OCCOC(=O)/C=C/c1ccc(O)cc1. The van der Waals surface area contributed by atoms with Gasteiger partial charge >= 0.3 is 11.9 Å². The first-order chi connectivity index (χ1) is 10.3. The Morgan fingerprint density at radius 2 is 1.73 bits per heavy atom. The van der Waals surface area contributed by atoms with Crippen LogP contribution in [0.3, 0.4) is 0 Å². The standard InChI is InChI=1S/C17H22O5/c1-4-17(2,3)16(20)22-12-11-21-15(19)10-7-13-5-8-14(18)9-6-13/h5-10,18H,4,11-12H2,1-3H3/b10-7+. The normalized spacial score (nSPS) is 11.4. The van der Waals surface area contributed by atoms with Crippen molar-refractivity contribution in [2.24, 2.45) is 5.41 Å². The van der Waals surface area contributed by atoms with Gasteiger partial charge in [-0.05, 0) is 44.0 Å². The minimum absolute atomic E-state index is 0.0181. The zero-order valence-corrected chi connectivity index (χ0v) is 13.2. The third-order valence-corrected chi connectivity index (χ3v) is 3.30. The van der Waals surface area contributed by atoms with Crippen LogP contribution in [-0.2, 0) is 19.1 Å². The molecule has 0 radical (unpaired) electrons. The molecule has 0 aliphatic carbocycles. The fraction of sp³-hybridized carbons (Fsp3) is 0.412. The van der Waals surface area contributed by atoms with Crippen molar-refractivity contribution < 1.29 is 24.2 Å². The monoisotopic (exact) mass is 306 g/mol. The lowest BCUT2D eigenvalue weighted by Crippen LogP contribution is -2.27. The van der Waals surface area contributed by atoms with E-state index in [2.05, 4.69) is 0 Å². The number of carbonyl (C=O) groups is 2. The predicted molar refractivity (Wildman–Crippen MR) is 83.1 cm³/mol. The Hall–Kier alpha value is -2.30. The van der Waals surface area contributed by atoms with Gasteiger partial charge in [0.1, 0.15) is 19.0 Å². The van der Waals surface area contributed by atoms with Gasteiger partial charge in [0.25, 0.3) is 0 Å². The first kappa shape index (κ1) is 17.8. The fourth-order valence-corrected chi connectivity index (χ4v) is 1.41. The molecule has 0 heterocycles. The number of hydrogen-bond acceptors (Lipinski definition) is 5. The molecule has 0 unspecified atom stereocenters. The molecule has 0 aliphatic rings. The summed E-state index contributed by atoms with van der Waals surface area (Å²) in [6.07, 6.45) is 3.54. The lowest BCUT2D eigenvalue weighted by atomic mass is 9.91. The van der Waals surface area contributed by atoms with Crippen molar-refractivity contribution in [1.29, 1.82) is 0 Å². The van der Waals surface area contributed by atoms with Crippen molar-refractivity contribution >= 4 is 18.0 Å². The second-order valence-electron chi connectivity index (χ2n) is 5.47. The molecule has 0 amide bonds. The quantitative estimate of drug-likeness (QED) is 0.476. The van der Waals surface area contributed by atoms with Crippen molar-refractivity contribution in [2.45, 2.75) is 27.2 Å². The highest BCUT2D eigenvalue weighted by atomic mass is 16.6. The fourth-order valence-electron chi connectivity index (χ4n) is 1.41. The van der Waals surface area contributed by atoms with Crippen LogP contribution in [0.1, 0.15) is 32.8 Å². The summed E-state index contributed by atoms with van der Waals surface area (Å²) in [5, 5.41) is 9.14. The van der Waals surface area contributed by atoms with E-state index in [9.17, 15) is 9.59 Å². The number of aromatic hydroxyl groups is 1. The van der Waals surface area contributed by atoms with Gasteiger partial charge in [-0.3, -0.25) is 4.79 Å². The highest BCUT2D eigenvalue weighted by Gasteiger charge is 2.26. The number of esters is 2. The summed E-state index contributed by atoms with van der Waals surface area (Å²) in [7, 11) is 0. The number of ether oxygens (including phenoxy) is 2. The highest BCUT2D eigenvalue weighted by Crippen LogP contribution is 2.21. The van der Waals surface area contributed by atoms with Gasteiger partial charge in [0.05, 0.1) is 5.41 Å². The minimum atomic E-state index is -0.525. The molecule has 1 aromatic carbocycles. The Morgan fingerprint density at radius 3 is 2.32 bits per heavy atom. The molecule has 0 fully saturated rings. The minimum Gasteiger partial charge on any atom is -0.508 e. The van der Waals surface area contributed by atoms with Gasteiger partial charge in [-0.1, -0.05) is 19.1 Å². The molecule has 0 aromatic heterocycles. The van der Waals surface area contributed by atoms with E-state index >= 15 is 0 Å². The highest BCUT2D eigenvalue weighted by molar-refractivity contribution is 5.87. The van der Waals surface area contributed by atoms with E-state index in [4.69, 9.17) is 14.6 Å². The van der Waals surface area contributed by atoms with Crippen LogP contribution in [0, 0.1) is 5.41 Å². The average molecular weight is 306 g/mol. The van der Waals surface area contributed by atoms with Crippen LogP contribution in [0.4, 0.5) is 0 Å². The maximum Gasteiger partial charge on any atom is 0.330 e. The Kier molecular flexibility index (Phi) is 6.63. The van der Waals surface area contributed by atoms with Crippen LogP contribution in [0.15, 0.2) is 30.3 Å². The molecule has 22 heavy (non-hydrogen) atoms. The summed E-state index contributed by atoms with van der Waals surface area (Å²) in [6, 6.07) is 6.40. The molecule has 120 valence electrons. The molecule has 0 atom stereocenters. The summed E-state index contributed by atoms with van der Waals surface area (Å²) in [5.41, 5.74) is 0.244. The molecule has 0 aliphatic heterocycles. The molecule has 0 saturated heterocycles. The van der Waals surface area contributed by atoms with Gasteiger partial charge < -0.3 is 14.6 Å². The van der Waals surface area contributed by atoms with Crippen LogP contribution in [0.2, 0.25) is 0 Å². The van der Waals surface area contributed by atoms with E-state index in [1.807, 2.05) is 20.8 Å². The largest absolute Gasteiger partial charge is 0.508 e. The van der Waals surface area contributed by atoms with E-state index < -0.39 is 11.4 Å².